The van der Waals surface area contributed by atoms with Crippen molar-refractivity contribution in [3.63, 3.8) is 0 Å². The van der Waals surface area contributed by atoms with Gasteiger partial charge in [0.15, 0.2) is 0 Å². The summed E-state index contributed by atoms with van der Waals surface area (Å²) >= 11 is 0. The van der Waals surface area contributed by atoms with Crippen LogP contribution in [0.15, 0.2) is 82.2 Å². The minimum absolute atomic E-state index is 0.303. The van der Waals surface area contributed by atoms with E-state index in [-0.39, 0.29) is 5.63 Å². The molecule has 0 amide bonds. The van der Waals surface area contributed by atoms with Crippen LogP contribution in [0.2, 0.25) is 0 Å². The van der Waals surface area contributed by atoms with Crippen molar-refractivity contribution >= 4 is 27.6 Å². The number of rotatable bonds is 0. The van der Waals surface area contributed by atoms with E-state index < -0.39 is 0 Å². The fourth-order valence-electron chi connectivity index (χ4n) is 3.67. The number of aryl methyl sites for hydroxylation is 2. The molecule has 0 spiro atoms. The highest BCUT2D eigenvalue weighted by Crippen LogP contribution is 2.33. The SMILES string of the molecule is N=C=O.O=c1cccco1.c1ccc2c(c1)ccc1c3c(ccc12)CCCC3. The molecule has 0 fully saturated rings. The largest absolute Gasteiger partial charge is 0.431 e. The van der Waals surface area contributed by atoms with Crippen molar-refractivity contribution in [3.05, 3.63) is 94.5 Å². The summed E-state index contributed by atoms with van der Waals surface area (Å²) in [6.45, 7) is 0. The maximum Gasteiger partial charge on any atom is 0.335 e. The summed E-state index contributed by atoms with van der Waals surface area (Å²) in [5.41, 5.74) is 2.87. The topological polar surface area (TPSA) is 71.1 Å². The number of benzene rings is 3. The van der Waals surface area contributed by atoms with Crippen LogP contribution >= 0.6 is 0 Å². The zero-order chi connectivity index (χ0) is 19.8. The molecule has 1 heterocycles. The summed E-state index contributed by atoms with van der Waals surface area (Å²) in [5, 5.41) is 11.0. The maximum atomic E-state index is 10.1. The number of fused-ring (bicyclic) bond motifs is 5. The van der Waals surface area contributed by atoms with Crippen molar-refractivity contribution in [2.45, 2.75) is 25.7 Å². The third kappa shape index (κ3) is 4.43. The molecule has 0 aliphatic heterocycles. The Labute approximate surface area is 162 Å². The van der Waals surface area contributed by atoms with E-state index >= 15 is 0 Å². The lowest BCUT2D eigenvalue weighted by atomic mass is 9.86. The molecule has 1 aliphatic rings. The van der Waals surface area contributed by atoms with Crippen LogP contribution in [-0.4, -0.2) is 6.08 Å². The molecule has 1 aromatic heterocycles. The van der Waals surface area contributed by atoms with Crippen LogP contribution in [0, 0.1) is 5.41 Å². The first-order valence-electron chi connectivity index (χ1n) is 9.24. The monoisotopic (exact) mass is 371 g/mol. The van der Waals surface area contributed by atoms with Gasteiger partial charge in [-0.1, -0.05) is 54.6 Å². The van der Waals surface area contributed by atoms with Gasteiger partial charge in [-0.2, -0.15) is 0 Å². The lowest BCUT2D eigenvalue weighted by Crippen LogP contribution is -2.02. The molecule has 0 bridgehead atoms. The smallest absolute Gasteiger partial charge is 0.335 e. The highest BCUT2D eigenvalue weighted by Gasteiger charge is 2.13. The van der Waals surface area contributed by atoms with Gasteiger partial charge < -0.3 is 4.42 Å². The zero-order valence-corrected chi connectivity index (χ0v) is 15.5. The predicted molar refractivity (Wildman–Crippen MR) is 111 cm³/mol. The second kappa shape index (κ2) is 9.45. The summed E-state index contributed by atoms with van der Waals surface area (Å²) in [5.74, 6) is 0. The highest BCUT2D eigenvalue weighted by molar-refractivity contribution is 6.08. The molecular formula is C24H21NO3. The molecule has 0 unspecified atom stereocenters. The molecular weight excluding hydrogens is 350 g/mol. The molecule has 28 heavy (non-hydrogen) atoms. The molecule has 1 N–H and O–H groups in total. The van der Waals surface area contributed by atoms with Crippen molar-refractivity contribution in [1.29, 1.82) is 5.41 Å². The van der Waals surface area contributed by atoms with Gasteiger partial charge in [-0.05, 0) is 64.4 Å². The van der Waals surface area contributed by atoms with Gasteiger partial charge in [0.25, 0.3) is 0 Å². The Morgan fingerprint density at radius 1 is 0.786 bits per heavy atom. The van der Waals surface area contributed by atoms with Crippen LogP contribution < -0.4 is 5.63 Å². The van der Waals surface area contributed by atoms with Crippen molar-refractivity contribution in [2.75, 3.05) is 0 Å². The fourth-order valence-corrected chi connectivity index (χ4v) is 3.67. The van der Waals surface area contributed by atoms with Gasteiger partial charge in [0.2, 0.25) is 6.08 Å². The number of hydrogen-bond donors (Lipinski definition) is 1. The van der Waals surface area contributed by atoms with Crippen LogP contribution in [0.25, 0.3) is 21.5 Å². The quantitative estimate of drug-likeness (QED) is 0.255. The predicted octanol–water partition coefficient (Wildman–Crippen LogP) is 5.41. The van der Waals surface area contributed by atoms with Crippen LogP contribution in [-0.2, 0) is 17.6 Å². The van der Waals surface area contributed by atoms with Crippen molar-refractivity contribution < 1.29 is 9.21 Å². The van der Waals surface area contributed by atoms with Gasteiger partial charge >= 0.3 is 5.63 Å². The Bertz CT molecular complexity index is 1150. The Kier molecular flexibility index (Phi) is 6.50. The van der Waals surface area contributed by atoms with Gasteiger partial charge in [0.05, 0.1) is 6.26 Å². The second-order valence-electron chi connectivity index (χ2n) is 6.52. The molecule has 0 saturated heterocycles. The van der Waals surface area contributed by atoms with Crippen LogP contribution in [0.4, 0.5) is 0 Å². The third-order valence-corrected chi connectivity index (χ3v) is 4.86. The Hall–Kier alpha value is -3.49. The average Bonchev–Trinajstić information content (AvgIpc) is 2.75. The number of hydrogen-bond acceptors (Lipinski definition) is 4. The minimum Gasteiger partial charge on any atom is -0.431 e. The van der Waals surface area contributed by atoms with Crippen LogP contribution in [0.3, 0.4) is 0 Å². The van der Waals surface area contributed by atoms with Crippen molar-refractivity contribution in [2.24, 2.45) is 0 Å². The Morgan fingerprint density at radius 3 is 2.21 bits per heavy atom. The lowest BCUT2D eigenvalue weighted by Gasteiger charge is -2.18. The van der Waals surface area contributed by atoms with Crippen LogP contribution in [0.1, 0.15) is 24.0 Å². The molecule has 5 rings (SSSR count). The van der Waals surface area contributed by atoms with Gasteiger partial charge in [0, 0.05) is 6.07 Å². The molecule has 140 valence electrons. The average molecular weight is 371 g/mol. The third-order valence-electron chi connectivity index (χ3n) is 4.86. The van der Waals surface area contributed by atoms with E-state index in [2.05, 4.69) is 52.9 Å². The Morgan fingerprint density at radius 2 is 1.50 bits per heavy atom. The standard InChI is InChI=1S/C18H16.C5H4O2.CHNO/c1-3-7-15-13(5-1)9-11-18-16-8-4-2-6-14(16)10-12-17(15)18;6-5-3-1-2-4-7-5;2-1-3/h1,3,5,7,9-12H,2,4,6,8H2;1-4H;2H. The van der Waals surface area contributed by atoms with Crippen molar-refractivity contribution in [1.82, 2.24) is 0 Å². The molecule has 0 radical (unpaired) electrons. The summed E-state index contributed by atoms with van der Waals surface area (Å²) in [6.07, 6.45) is 7.32. The molecule has 3 aromatic carbocycles. The molecule has 4 nitrogen and oxygen atoms in total. The van der Waals surface area contributed by atoms with E-state index in [1.807, 2.05) is 0 Å². The molecule has 0 atom stereocenters. The molecule has 1 aliphatic carbocycles. The van der Waals surface area contributed by atoms with Gasteiger partial charge in [-0.3, -0.25) is 0 Å². The van der Waals surface area contributed by atoms with Gasteiger partial charge in [-0.25, -0.2) is 15.0 Å². The van der Waals surface area contributed by atoms with Crippen LogP contribution in [0.5, 0.6) is 0 Å². The van der Waals surface area contributed by atoms with Gasteiger partial charge in [0.1, 0.15) is 0 Å². The van der Waals surface area contributed by atoms with E-state index in [0.717, 1.165) is 6.08 Å². The Balaban J connectivity index is 0.000000188. The van der Waals surface area contributed by atoms with E-state index in [9.17, 15) is 4.79 Å². The van der Waals surface area contributed by atoms with E-state index in [1.165, 1.54) is 59.6 Å². The summed E-state index contributed by atoms with van der Waals surface area (Å²) in [4.78, 5) is 18.4. The molecule has 4 heteroatoms. The molecule has 0 saturated carbocycles. The minimum atomic E-state index is -0.303. The fraction of sp³-hybridized carbons (Fsp3) is 0.167. The highest BCUT2D eigenvalue weighted by atomic mass is 16.4. The first-order chi connectivity index (χ1) is 13.7. The van der Waals surface area contributed by atoms with E-state index in [1.54, 1.807) is 23.3 Å². The summed E-state index contributed by atoms with van der Waals surface area (Å²) in [6, 6.07) is 22.6. The second-order valence-corrected chi connectivity index (χ2v) is 6.52. The van der Waals surface area contributed by atoms with Crippen molar-refractivity contribution in [3.8, 4) is 0 Å². The first-order valence-corrected chi connectivity index (χ1v) is 9.24. The first kappa shape index (κ1) is 19.3. The normalized spacial score (nSPS) is 12.0. The van der Waals surface area contributed by atoms with E-state index in [4.69, 9.17) is 10.2 Å². The number of nitrogens with one attached hydrogen (secondary N) is 1. The molecule has 4 aromatic rings. The summed E-state index contributed by atoms with van der Waals surface area (Å²) in [7, 11) is 0. The van der Waals surface area contributed by atoms with Gasteiger partial charge in [-0.15, -0.1) is 0 Å². The number of isocyanates is 1. The zero-order valence-electron chi connectivity index (χ0n) is 15.5. The summed E-state index contributed by atoms with van der Waals surface area (Å²) < 4.78 is 4.37. The van der Waals surface area contributed by atoms with E-state index in [0.29, 0.717) is 0 Å². The number of carbonyl (C=O) groups excluding carboxylic acids is 1. The maximum absolute atomic E-state index is 10.1. The lowest BCUT2D eigenvalue weighted by molar-refractivity contribution is 0.511.